The molecule has 3 aliphatic rings. The van der Waals surface area contributed by atoms with Crippen molar-refractivity contribution in [2.24, 2.45) is 5.92 Å². The lowest BCUT2D eigenvalue weighted by Gasteiger charge is -2.41. The molecule has 2 heterocycles. The molecule has 1 nitrogen and oxygen atoms in total. The molecule has 0 N–H and O–H groups in total. The van der Waals surface area contributed by atoms with Gasteiger partial charge in [-0.15, -0.1) is 0 Å². The standard InChI is InChI=1S/C11H17N/c1-3-9-7-10(4-1)12-6-2-5-11(12)8-9/h4,9,11H,1-3,5-8H2. The van der Waals surface area contributed by atoms with E-state index in [4.69, 9.17) is 0 Å². The topological polar surface area (TPSA) is 3.24 Å². The van der Waals surface area contributed by atoms with Gasteiger partial charge in [0.15, 0.2) is 0 Å². The number of hydrogen-bond donors (Lipinski definition) is 0. The molecule has 2 aliphatic heterocycles. The first kappa shape index (κ1) is 6.99. The fourth-order valence-electron chi connectivity index (χ4n) is 3.25. The highest BCUT2D eigenvalue weighted by atomic mass is 15.2. The number of piperidine rings is 1. The Kier molecular flexibility index (Phi) is 1.46. The van der Waals surface area contributed by atoms with E-state index in [0.717, 1.165) is 12.0 Å². The van der Waals surface area contributed by atoms with Crippen LogP contribution in [0.15, 0.2) is 11.8 Å². The molecule has 2 unspecified atom stereocenters. The van der Waals surface area contributed by atoms with Gasteiger partial charge >= 0.3 is 0 Å². The molecular weight excluding hydrogens is 146 g/mol. The summed E-state index contributed by atoms with van der Waals surface area (Å²) in [5.74, 6) is 1.05. The molecule has 0 aromatic rings. The lowest BCUT2D eigenvalue weighted by Crippen LogP contribution is -2.37. The SMILES string of the molecule is C1=C2CC(CC1)CC1CCCN21. The Morgan fingerprint density at radius 2 is 2.33 bits per heavy atom. The van der Waals surface area contributed by atoms with E-state index < -0.39 is 0 Å². The first-order valence-electron chi connectivity index (χ1n) is 5.39. The highest BCUT2D eigenvalue weighted by molar-refractivity contribution is 5.13. The maximum absolute atomic E-state index is 2.69. The van der Waals surface area contributed by atoms with Crippen LogP contribution in [0.3, 0.4) is 0 Å². The Morgan fingerprint density at radius 3 is 3.33 bits per heavy atom. The van der Waals surface area contributed by atoms with Gasteiger partial charge in [0.2, 0.25) is 0 Å². The minimum absolute atomic E-state index is 0.940. The van der Waals surface area contributed by atoms with Gasteiger partial charge in [-0.1, -0.05) is 6.08 Å². The van der Waals surface area contributed by atoms with E-state index in [1.807, 2.05) is 0 Å². The Balaban J connectivity index is 1.91. The molecule has 1 aliphatic carbocycles. The average molecular weight is 163 g/mol. The summed E-state index contributed by atoms with van der Waals surface area (Å²) in [6.45, 7) is 1.35. The van der Waals surface area contributed by atoms with Gasteiger partial charge in [-0.25, -0.2) is 0 Å². The van der Waals surface area contributed by atoms with Crippen molar-refractivity contribution in [2.75, 3.05) is 6.54 Å². The predicted molar refractivity (Wildman–Crippen MR) is 49.8 cm³/mol. The summed E-state index contributed by atoms with van der Waals surface area (Å²) in [5.41, 5.74) is 1.69. The van der Waals surface area contributed by atoms with E-state index in [-0.39, 0.29) is 0 Å². The van der Waals surface area contributed by atoms with Gasteiger partial charge in [0.1, 0.15) is 0 Å². The number of allylic oxidation sites excluding steroid dienone is 2. The zero-order valence-corrected chi connectivity index (χ0v) is 7.63. The summed E-state index contributed by atoms with van der Waals surface area (Å²) >= 11 is 0. The monoisotopic (exact) mass is 163 g/mol. The molecule has 1 heteroatoms. The normalized spacial score (nSPS) is 39.3. The first-order chi connectivity index (χ1) is 5.93. The van der Waals surface area contributed by atoms with Crippen molar-refractivity contribution >= 4 is 0 Å². The quantitative estimate of drug-likeness (QED) is 0.530. The third kappa shape index (κ3) is 0.917. The zero-order valence-electron chi connectivity index (χ0n) is 7.63. The molecule has 2 bridgehead atoms. The minimum atomic E-state index is 0.940. The van der Waals surface area contributed by atoms with Crippen molar-refractivity contribution in [1.82, 2.24) is 4.90 Å². The van der Waals surface area contributed by atoms with Crippen LogP contribution in [0.2, 0.25) is 0 Å². The molecule has 0 radical (unpaired) electrons. The van der Waals surface area contributed by atoms with Crippen LogP contribution < -0.4 is 0 Å². The number of rotatable bonds is 0. The molecule has 66 valence electrons. The molecular formula is C11H17N. The van der Waals surface area contributed by atoms with Crippen LogP contribution in [0.25, 0.3) is 0 Å². The van der Waals surface area contributed by atoms with Crippen LogP contribution in [0, 0.1) is 5.92 Å². The maximum atomic E-state index is 2.69. The predicted octanol–water partition coefficient (Wildman–Crippen LogP) is 2.54. The van der Waals surface area contributed by atoms with Gasteiger partial charge in [0, 0.05) is 18.3 Å². The Labute approximate surface area is 74.4 Å². The molecule has 2 saturated heterocycles. The molecule has 0 aromatic heterocycles. The molecule has 0 spiro atoms. The molecule has 3 rings (SSSR count). The smallest absolute Gasteiger partial charge is 0.0290 e. The summed E-state index contributed by atoms with van der Waals surface area (Å²) in [6.07, 6.45) is 11.1. The Hall–Kier alpha value is -0.460. The maximum Gasteiger partial charge on any atom is 0.0290 e. The van der Waals surface area contributed by atoms with Gasteiger partial charge < -0.3 is 4.90 Å². The lowest BCUT2D eigenvalue weighted by molar-refractivity contribution is 0.187. The van der Waals surface area contributed by atoms with E-state index in [0.29, 0.717) is 0 Å². The summed E-state index contributed by atoms with van der Waals surface area (Å²) in [4.78, 5) is 2.69. The molecule has 0 saturated carbocycles. The summed E-state index contributed by atoms with van der Waals surface area (Å²) in [5, 5.41) is 0. The Morgan fingerprint density at radius 1 is 1.33 bits per heavy atom. The van der Waals surface area contributed by atoms with Crippen molar-refractivity contribution < 1.29 is 0 Å². The third-order valence-corrected chi connectivity index (χ3v) is 3.80. The first-order valence-corrected chi connectivity index (χ1v) is 5.39. The number of hydrogen-bond acceptors (Lipinski definition) is 1. The van der Waals surface area contributed by atoms with Crippen molar-refractivity contribution in [1.29, 1.82) is 0 Å². The van der Waals surface area contributed by atoms with E-state index in [2.05, 4.69) is 11.0 Å². The minimum Gasteiger partial charge on any atom is -0.372 e. The average Bonchev–Trinajstić information content (AvgIpc) is 2.53. The number of nitrogens with zero attached hydrogens (tertiary/aromatic N) is 1. The van der Waals surface area contributed by atoms with Crippen LogP contribution in [0.5, 0.6) is 0 Å². The molecule has 2 fully saturated rings. The van der Waals surface area contributed by atoms with Gasteiger partial charge in [-0.05, 0) is 44.4 Å². The molecule has 12 heavy (non-hydrogen) atoms. The molecule has 2 atom stereocenters. The highest BCUT2D eigenvalue weighted by Gasteiger charge is 2.35. The van der Waals surface area contributed by atoms with E-state index >= 15 is 0 Å². The fraction of sp³-hybridized carbons (Fsp3) is 0.818. The van der Waals surface area contributed by atoms with Crippen molar-refractivity contribution in [3.05, 3.63) is 11.8 Å². The highest BCUT2D eigenvalue weighted by Crippen LogP contribution is 2.41. The second-order valence-electron chi connectivity index (χ2n) is 4.57. The van der Waals surface area contributed by atoms with Crippen LogP contribution in [0.1, 0.15) is 38.5 Å². The van der Waals surface area contributed by atoms with Crippen LogP contribution in [-0.2, 0) is 0 Å². The van der Waals surface area contributed by atoms with Crippen LogP contribution >= 0.6 is 0 Å². The number of fused-ring (bicyclic) bond motifs is 4. The second-order valence-corrected chi connectivity index (χ2v) is 4.57. The van der Waals surface area contributed by atoms with Gasteiger partial charge in [-0.2, -0.15) is 0 Å². The molecule has 0 amide bonds. The summed E-state index contributed by atoms with van der Waals surface area (Å²) in [6, 6.07) is 0.940. The van der Waals surface area contributed by atoms with Gasteiger partial charge in [0.05, 0.1) is 0 Å². The van der Waals surface area contributed by atoms with Crippen molar-refractivity contribution in [2.45, 2.75) is 44.6 Å². The van der Waals surface area contributed by atoms with Gasteiger partial charge in [-0.3, -0.25) is 0 Å². The van der Waals surface area contributed by atoms with Crippen molar-refractivity contribution in [3.63, 3.8) is 0 Å². The van der Waals surface area contributed by atoms with Crippen LogP contribution in [-0.4, -0.2) is 17.5 Å². The summed E-state index contributed by atoms with van der Waals surface area (Å²) < 4.78 is 0. The van der Waals surface area contributed by atoms with E-state index in [1.165, 1.54) is 45.1 Å². The fourth-order valence-corrected chi connectivity index (χ4v) is 3.25. The second kappa shape index (κ2) is 2.51. The lowest BCUT2D eigenvalue weighted by atomic mass is 9.82. The largest absolute Gasteiger partial charge is 0.372 e. The van der Waals surface area contributed by atoms with Gasteiger partial charge in [0.25, 0.3) is 0 Å². The van der Waals surface area contributed by atoms with Crippen LogP contribution in [0.4, 0.5) is 0 Å². The van der Waals surface area contributed by atoms with E-state index in [9.17, 15) is 0 Å². The molecule has 0 aromatic carbocycles. The van der Waals surface area contributed by atoms with E-state index in [1.54, 1.807) is 5.70 Å². The zero-order chi connectivity index (χ0) is 7.97. The van der Waals surface area contributed by atoms with Crippen molar-refractivity contribution in [3.8, 4) is 0 Å². The third-order valence-electron chi connectivity index (χ3n) is 3.80. The summed E-state index contributed by atoms with van der Waals surface area (Å²) in [7, 11) is 0. The Bertz CT molecular complexity index is 219.